The number of benzene rings is 7. The van der Waals surface area contributed by atoms with E-state index in [1.54, 1.807) is 6.92 Å². The molecule has 7 heterocycles. The van der Waals surface area contributed by atoms with E-state index in [0.717, 1.165) is 100 Å². The standard InChI is InChI=1S/C24H24F4N2O2.C24H22F4N2O2.C24H24F3N3O3.C22H16ClF4N3O2S/c2*1-13-9-18(6-8-20(13)25)29-23(32)15-5-7-21(26)19(10-15)24(27,28)14(2)30-11-16-3-4-17(12-30)22(16)31;1-13-9-17(3-6-20(13)25)29-22(32)15-7-8-28-21(12-15)24(26,27)23(33)30-18-4-5-19(30)11-16(10-18)14(2)31;1-11-28-18-6-7-30(10-19(18)33-11)21(32)22(26,27)14-8-12(2-4-16(14)24)20(31)29-13-3-5-17(25)15(23)9-13/h5-10,16-17,22,31H,2-4,11-12H2,1H3,(H,29,32);5-10,16-17H,2-4,11-12H2,1H3,(H,29,32);3,6-9,12,16,18-19H,4-5,10-11H2,1-2H3,(H,29,32);2-5,8-9H,6-7,10H2,1H3,(H,29,31)/t;;16?,18-,19+;. The SMILES string of the molecule is C=C(N1CC2CCC(C1)C2=O)C(F)(F)c1cc(C(=O)Nc2ccc(F)c(C)c2)ccc1F.C=C(N1CC2CCC(C1)C2O)C(F)(F)c1cc(C(=O)Nc2ccc(F)c(C)c2)ccc1F.CC(=O)C1C[C@H]2CC[C@@H](C1)N2C(=O)C(F)(F)c1cc(C(=O)Nc2ccc(F)c(C)c2)ccn1.Cc1nc2c(s1)CN(C(=O)C(F)(F)c1cc(C(=O)Nc3ccc(F)c(Cl)c3)ccc1F)CC2. The Morgan fingerprint density at radius 3 is 1.28 bits per heavy atom. The van der Waals surface area contributed by atoms with Crippen LogP contribution in [0, 0.1) is 98.0 Å². The first kappa shape index (κ1) is 95.3. The summed E-state index contributed by atoms with van der Waals surface area (Å²) in [5.41, 5.74) is -3.10. The predicted molar refractivity (Wildman–Crippen MR) is 454 cm³/mol. The molecule has 5 aliphatic heterocycles. The van der Waals surface area contributed by atoms with Crippen molar-refractivity contribution in [2.45, 2.75) is 141 Å². The van der Waals surface area contributed by atoms with Crippen molar-refractivity contribution in [1.29, 1.82) is 0 Å². The lowest BCUT2D eigenvalue weighted by molar-refractivity contribution is -0.165. The molecule has 2 aliphatic carbocycles. The van der Waals surface area contributed by atoms with Gasteiger partial charge >= 0.3 is 23.7 Å². The lowest BCUT2D eigenvalue weighted by atomic mass is 9.87. The second kappa shape index (κ2) is 38.4. The molecule has 2 aromatic heterocycles. The van der Waals surface area contributed by atoms with Crippen LogP contribution >= 0.6 is 22.9 Å². The number of ketones is 2. The Morgan fingerprint density at radius 2 is 0.862 bits per heavy atom. The van der Waals surface area contributed by atoms with Crippen LogP contribution in [-0.2, 0) is 55.8 Å². The van der Waals surface area contributed by atoms with Crippen LogP contribution in [0.15, 0.2) is 170 Å². The Bertz CT molecular complexity index is 5960. The first-order chi connectivity index (χ1) is 61.3. The van der Waals surface area contributed by atoms with Crippen LogP contribution in [0.5, 0.6) is 0 Å². The molecule has 0 radical (unpaired) electrons. The van der Waals surface area contributed by atoms with E-state index in [1.165, 1.54) is 120 Å². The number of anilines is 4. The van der Waals surface area contributed by atoms with Crippen LogP contribution in [-0.4, -0.2) is 133 Å². The molecule has 4 saturated heterocycles. The van der Waals surface area contributed by atoms with Crippen LogP contribution in [0.4, 0.5) is 88.6 Å². The number of aryl methyl sites for hydroxylation is 4. The van der Waals surface area contributed by atoms with Crippen LogP contribution in [0.2, 0.25) is 5.02 Å². The van der Waals surface area contributed by atoms with E-state index in [0.29, 0.717) is 85.1 Å². The Kier molecular flexibility index (Phi) is 28.2. The lowest BCUT2D eigenvalue weighted by Gasteiger charge is -2.40. The molecule has 130 heavy (non-hydrogen) atoms. The molecule has 7 atom stereocenters. The number of aliphatic hydroxyl groups is 1. The number of alkyl halides is 8. The summed E-state index contributed by atoms with van der Waals surface area (Å²) in [7, 11) is 0. The summed E-state index contributed by atoms with van der Waals surface area (Å²) in [5, 5.41) is 20.6. The van der Waals surface area contributed by atoms with Gasteiger partial charge in [0.2, 0.25) is 0 Å². The zero-order valence-electron chi connectivity index (χ0n) is 70.3. The maximum absolute atomic E-state index is 15.3. The number of fused-ring (bicyclic) bond motifs is 7. The van der Waals surface area contributed by atoms with Crippen molar-refractivity contribution in [1.82, 2.24) is 29.6 Å². The lowest BCUT2D eigenvalue weighted by Crippen LogP contribution is -2.52. The monoisotopic (exact) mass is 1850 g/mol. The highest BCUT2D eigenvalue weighted by Crippen LogP contribution is 2.48. The van der Waals surface area contributed by atoms with Crippen LogP contribution in [0.25, 0.3) is 0 Å². The number of rotatable bonds is 19. The first-order valence-corrected chi connectivity index (χ1v) is 42.5. The Hall–Kier alpha value is -12.2. The number of thiazole rings is 1. The summed E-state index contributed by atoms with van der Waals surface area (Å²) < 4.78 is 219. The molecule has 16 rings (SSSR count). The van der Waals surface area contributed by atoms with Crippen molar-refractivity contribution in [3.63, 3.8) is 0 Å². The normalized spacial score (nSPS) is 19.7. The van der Waals surface area contributed by atoms with Crippen molar-refractivity contribution in [3.8, 4) is 0 Å². The molecule has 6 fully saturated rings. The molecule has 684 valence electrons. The first-order valence-electron chi connectivity index (χ1n) is 41.3. The second-order valence-electron chi connectivity index (χ2n) is 33.3. The van der Waals surface area contributed by atoms with Crippen molar-refractivity contribution >= 4 is 92.7 Å². The van der Waals surface area contributed by atoms with Crippen molar-refractivity contribution in [3.05, 3.63) is 293 Å². The van der Waals surface area contributed by atoms with Gasteiger partial charge in [0.25, 0.3) is 35.4 Å². The number of pyridine rings is 1. The highest BCUT2D eigenvalue weighted by molar-refractivity contribution is 7.11. The predicted octanol–water partition coefficient (Wildman–Crippen LogP) is 19.4. The number of aromatic nitrogens is 2. The topological polar surface area (TPSA) is 244 Å². The minimum Gasteiger partial charge on any atom is -0.392 e. The number of nitrogens with one attached hydrogen (secondary N) is 4. The number of likely N-dealkylation sites (tertiary alicyclic amines) is 2. The van der Waals surface area contributed by atoms with E-state index in [2.05, 4.69) is 44.4 Å². The number of hydrogen-bond acceptors (Lipinski definition) is 14. The molecular formula is C94H86ClF15N10O9S. The van der Waals surface area contributed by atoms with E-state index in [9.17, 15) is 74.2 Å². The highest BCUT2D eigenvalue weighted by Gasteiger charge is 2.55. The smallest absolute Gasteiger partial charge is 0.366 e. The zero-order valence-corrected chi connectivity index (χ0v) is 71.9. The maximum atomic E-state index is 15.3. The second-order valence-corrected chi connectivity index (χ2v) is 35.0. The fraction of sp³-hybridized carbons (Fsp3) is 0.340. The zero-order chi connectivity index (χ0) is 94.2. The van der Waals surface area contributed by atoms with E-state index in [1.807, 2.05) is 0 Å². The number of Topliss-reactive ketones (excluding diaryl/α,β-unsaturated/α-hetero) is 2. The van der Waals surface area contributed by atoms with Gasteiger partial charge in [-0.3, -0.25) is 43.3 Å². The van der Waals surface area contributed by atoms with Gasteiger partial charge in [0.1, 0.15) is 58.0 Å². The number of nitrogens with zero attached hydrogens (tertiary/aromatic N) is 6. The van der Waals surface area contributed by atoms with Gasteiger partial charge < -0.3 is 46.0 Å². The molecule has 7 aliphatic rings. The van der Waals surface area contributed by atoms with Crippen molar-refractivity contribution < 1.29 is 109 Å². The largest absolute Gasteiger partial charge is 0.392 e. The Labute approximate surface area is 745 Å². The number of allylic oxidation sites excluding steroid dienone is 2. The number of halogens is 16. The molecule has 5 unspecified atom stereocenters. The number of aliphatic hydroxyl groups excluding tert-OH is 1. The number of piperidine rings is 3. The van der Waals surface area contributed by atoms with Gasteiger partial charge in [0.05, 0.1) is 56.5 Å². The molecular weight excluding hydrogens is 1770 g/mol. The summed E-state index contributed by atoms with van der Waals surface area (Å²) in [5.74, 6) is -28.1. The molecule has 6 bridgehead atoms. The Balaban J connectivity index is 0.000000148. The number of carbonyl (C=O) groups excluding carboxylic acids is 8. The average molecular weight is 1850 g/mol. The van der Waals surface area contributed by atoms with Crippen LogP contribution in [0.3, 0.4) is 0 Å². The highest BCUT2D eigenvalue weighted by atomic mass is 35.5. The summed E-state index contributed by atoms with van der Waals surface area (Å²) in [6, 6.07) is 24.4. The summed E-state index contributed by atoms with van der Waals surface area (Å²) in [6.07, 6.45) is 5.66. The molecule has 9 aromatic rings. The molecule has 0 spiro atoms. The summed E-state index contributed by atoms with van der Waals surface area (Å²) in [4.78, 5) is 113. The molecule has 7 aromatic carbocycles. The van der Waals surface area contributed by atoms with Crippen molar-refractivity contribution in [2.24, 2.45) is 29.6 Å². The number of hydrogen-bond donors (Lipinski definition) is 5. The molecule has 19 nitrogen and oxygen atoms in total. The van der Waals surface area contributed by atoms with Crippen molar-refractivity contribution in [2.75, 3.05) is 54.0 Å². The molecule has 5 N–H and O–H groups in total. The minimum atomic E-state index is -4.20. The van der Waals surface area contributed by atoms with Crippen LogP contribution in [0.1, 0.15) is 154 Å². The molecule has 2 saturated carbocycles. The van der Waals surface area contributed by atoms with E-state index < -0.39 is 152 Å². The summed E-state index contributed by atoms with van der Waals surface area (Å²) >= 11 is 6.99. The fourth-order valence-corrected chi connectivity index (χ4v) is 18.5. The van der Waals surface area contributed by atoms with Gasteiger partial charge in [-0.25, -0.2) is 35.7 Å². The fourth-order valence-electron chi connectivity index (χ4n) is 17.3. The van der Waals surface area contributed by atoms with Gasteiger partial charge in [0.15, 0.2) is 0 Å². The number of amides is 6. The third-order valence-electron chi connectivity index (χ3n) is 24.5. The van der Waals surface area contributed by atoms with Gasteiger partial charge in [-0.15, -0.1) is 11.3 Å². The molecule has 36 heteroatoms. The molecule has 6 amide bonds. The van der Waals surface area contributed by atoms with E-state index in [-0.39, 0.29) is 119 Å². The van der Waals surface area contributed by atoms with Gasteiger partial charge in [-0.05, 0) is 242 Å². The van der Waals surface area contributed by atoms with Gasteiger partial charge in [0, 0.05) is 137 Å². The maximum Gasteiger partial charge on any atom is 0.366 e. The minimum absolute atomic E-state index is 0.0162. The Morgan fingerprint density at radius 1 is 0.469 bits per heavy atom. The average Bonchev–Trinajstić information content (AvgIpc) is 1.42. The third-order valence-corrected chi connectivity index (χ3v) is 25.8. The van der Waals surface area contributed by atoms with Crippen LogP contribution < -0.4 is 21.3 Å². The third kappa shape index (κ3) is 20.5. The van der Waals surface area contributed by atoms with Gasteiger partial charge in [-0.1, -0.05) is 24.8 Å². The summed E-state index contributed by atoms with van der Waals surface area (Å²) in [6.45, 7) is 15.6. The van der Waals surface area contributed by atoms with E-state index >= 15 is 35.1 Å². The van der Waals surface area contributed by atoms with Gasteiger partial charge in [-0.2, -0.15) is 35.1 Å². The number of carbonyl (C=O) groups is 8. The van der Waals surface area contributed by atoms with E-state index in [4.69, 9.17) is 11.6 Å². The quantitative estimate of drug-likeness (QED) is 0.0474.